The summed E-state index contributed by atoms with van der Waals surface area (Å²) in [5.74, 6) is 0.719. The van der Waals surface area contributed by atoms with Gasteiger partial charge in [0, 0.05) is 25.1 Å². The number of oxime groups is 1. The second-order valence-electron chi connectivity index (χ2n) is 4.47. The molecule has 2 rings (SSSR count). The summed E-state index contributed by atoms with van der Waals surface area (Å²) >= 11 is 0. The van der Waals surface area contributed by atoms with Gasteiger partial charge in [-0.05, 0) is 6.92 Å². The van der Waals surface area contributed by atoms with E-state index in [-0.39, 0.29) is 17.4 Å². The van der Waals surface area contributed by atoms with E-state index in [9.17, 15) is 4.79 Å². The van der Waals surface area contributed by atoms with Gasteiger partial charge in [-0.3, -0.25) is 0 Å². The summed E-state index contributed by atoms with van der Waals surface area (Å²) < 4.78 is 1.32. The smallest absolute Gasteiger partial charge is 0.348 e. The molecule has 0 saturated carbocycles. The fraction of sp³-hybridized carbons (Fsp3) is 0.455. The first-order valence-corrected chi connectivity index (χ1v) is 6.22. The lowest BCUT2D eigenvalue weighted by Gasteiger charge is -2.24. The Hall–Kier alpha value is -2.58. The average Bonchev–Trinajstić information content (AvgIpc) is 2.84. The van der Waals surface area contributed by atoms with Gasteiger partial charge in [0.2, 0.25) is 0 Å². The fourth-order valence-electron chi connectivity index (χ4n) is 1.88. The van der Waals surface area contributed by atoms with Gasteiger partial charge in [0.25, 0.3) is 0 Å². The van der Waals surface area contributed by atoms with Crippen LogP contribution in [0.25, 0.3) is 5.65 Å². The van der Waals surface area contributed by atoms with E-state index in [2.05, 4.69) is 20.3 Å². The number of amidine groups is 1. The van der Waals surface area contributed by atoms with Crippen LogP contribution in [-0.2, 0) is 0 Å². The number of H-pyrrole nitrogens is 1. The van der Waals surface area contributed by atoms with E-state index >= 15 is 0 Å². The van der Waals surface area contributed by atoms with Gasteiger partial charge >= 0.3 is 5.69 Å². The Balaban J connectivity index is 2.27. The van der Waals surface area contributed by atoms with E-state index in [0.717, 1.165) is 0 Å². The average molecular weight is 279 g/mol. The van der Waals surface area contributed by atoms with Crippen molar-refractivity contribution in [3.63, 3.8) is 0 Å². The third-order valence-corrected chi connectivity index (χ3v) is 3.12. The zero-order chi connectivity index (χ0) is 14.7. The molecule has 0 saturated heterocycles. The molecule has 2 aromatic heterocycles. The predicted molar refractivity (Wildman–Crippen MR) is 74.1 cm³/mol. The maximum absolute atomic E-state index is 11.4. The topological polar surface area (TPSA) is 125 Å². The Bertz CT molecular complexity index is 675. The molecular formula is C11H17N7O2. The molecule has 9 nitrogen and oxygen atoms in total. The number of aromatic nitrogens is 4. The summed E-state index contributed by atoms with van der Waals surface area (Å²) in [5.41, 5.74) is 5.75. The molecule has 108 valence electrons. The van der Waals surface area contributed by atoms with Gasteiger partial charge in [0.1, 0.15) is 18.0 Å². The van der Waals surface area contributed by atoms with Crippen LogP contribution in [0.2, 0.25) is 0 Å². The summed E-state index contributed by atoms with van der Waals surface area (Å²) in [6.07, 6.45) is 1.42. The minimum Gasteiger partial charge on any atom is -0.409 e. The van der Waals surface area contributed by atoms with Crippen LogP contribution in [0, 0.1) is 5.92 Å². The highest BCUT2D eigenvalue weighted by atomic mass is 16.4. The lowest BCUT2D eigenvalue weighted by atomic mass is 10.1. The minimum absolute atomic E-state index is 0.126. The molecule has 0 radical (unpaired) electrons. The number of anilines is 1. The Kier molecular flexibility index (Phi) is 3.87. The van der Waals surface area contributed by atoms with E-state index in [0.29, 0.717) is 24.6 Å². The van der Waals surface area contributed by atoms with Crippen LogP contribution >= 0.6 is 0 Å². The summed E-state index contributed by atoms with van der Waals surface area (Å²) in [7, 11) is 0. The SMILES string of the molecule is CCN(CC(C)C(N)=NO)c1cc2n[nH]c(=O)n2cn1. The molecule has 0 aliphatic rings. The molecule has 4 N–H and O–H groups in total. The number of fused-ring (bicyclic) bond motifs is 1. The van der Waals surface area contributed by atoms with Crippen molar-refractivity contribution in [3.8, 4) is 0 Å². The van der Waals surface area contributed by atoms with Crippen LogP contribution in [0.5, 0.6) is 0 Å². The Labute approximate surface area is 114 Å². The van der Waals surface area contributed by atoms with Crippen LogP contribution in [0.3, 0.4) is 0 Å². The second kappa shape index (κ2) is 5.59. The number of nitrogens with one attached hydrogen (secondary N) is 1. The summed E-state index contributed by atoms with van der Waals surface area (Å²) in [4.78, 5) is 17.6. The van der Waals surface area contributed by atoms with Crippen molar-refractivity contribution in [3.05, 3.63) is 22.9 Å². The first-order valence-electron chi connectivity index (χ1n) is 6.22. The van der Waals surface area contributed by atoms with Gasteiger partial charge in [-0.25, -0.2) is 19.3 Å². The molecular weight excluding hydrogens is 262 g/mol. The maximum atomic E-state index is 11.4. The van der Waals surface area contributed by atoms with Crippen LogP contribution in [0.1, 0.15) is 13.8 Å². The molecule has 2 heterocycles. The third-order valence-electron chi connectivity index (χ3n) is 3.12. The molecule has 9 heteroatoms. The van der Waals surface area contributed by atoms with Crippen molar-refractivity contribution < 1.29 is 5.21 Å². The molecule has 0 fully saturated rings. The van der Waals surface area contributed by atoms with Crippen molar-refractivity contribution in [2.45, 2.75) is 13.8 Å². The van der Waals surface area contributed by atoms with E-state index in [1.807, 2.05) is 18.7 Å². The number of nitrogens with zero attached hydrogens (tertiary/aromatic N) is 5. The van der Waals surface area contributed by atoms with Crippen LogP contribution < -0.4 is 16.3 Å². The number of hydrogen-bond donors (Lipinski definition) is 3. The van der Waals surface area contributed by atoms with Crippen molar-refractivity contribution in [1.29, 1.82) is 0 Å². The van der Waals surface area contributed by atoms with Crippen LogP contribution in [0.4, 0.5) is 5.82 Å². The normalized spacial score (nSPS) is 13.6. The quantitative estimate of drug-likeness (QED) is 0.297. The molecule has 0 spiro atoms. The Morgan fingerprint density at radius 2 is 2.45 bits per heavy atom. The Morgan fingerprint density at radius 3 is 3.10 bits per heavy atom. The van der Waals surface area contributed by atoms with E-state index in [1.54, 1.807) is 6.07 Å². The van der Waals surface area contributed by atoms with Gasteiger partial charge in [-0.1, -0.05) is 12.1 Å². The van der Waals surface area contributed by atoms with Gasteiger partial charge in [-0.15, -0.1) is 0 Å². The lowest BCUT2D eigenvalue weighted by Crippen LogP contribution is -2.35. The van der Waals surface area contributed by atoms with Gasteiger partial charge in [0.05, 0.1) is 0 Å². The van der Waals surface area contributed by atoms with Crippen molar-refractivity contribution in [2.24, 2.45) is 16.8 Å². The van der Waals surface area contributed by atoms with E-state index in [1.165, 1.54) is 10.7 Å². The van der Waals surface area contributed by atoms with Gasteiger partial charge in [-0.2, -0.15) is 5.10 Å². The lowest BCUT2D eigenvalue weighted by molar-refractivity contribution is 0.314. The summed E-state index contributed by atoms with van der Waals surface area (Å²) in [5, 5.41) is 17.9. The van der Waals surface area contributed by atoms with E-state index < -0.39 is 0 Å². The standard InChI is InChI=1S/C11H17N7O2/c1-3-17(5-7(2)10(12)16-20)8-4-9-14-15-11(19)18(9)6-13-8/h4,6-7,20H,3,5H2,1-2H3,(H2,12,16)(H,15,19). The minimum atomic E-state index is -0.327. The molecule has 0 amide bonds. The summed E-state index contributed by atoms with van der Waals surface area (Å²) in [6, 6.07) is 1.71. The second-order valence-corrected chi connectivity index (χ2v) is 4.47. The van der Waals surface area contributed by atoms with Crippen molar-refractivity contribution in [1.82, 2.24) is 19.6 Å². The number of hydrogen-bond acceptors (Lipinski definition) is 6. The van der Waals surface area contributed by atoms with Gasteiger partial charge in [0.15, 0.2) is 5.65 Å². The monoisotopic (exact) mass is 279 g/mol. The molecule has 20 heavy (non-hydrogen) atoms. The molecule has 1 unspecified atom stereocenters. The maximum Gasteiger partial charge on any atom is 0.348 e. The molecule has 0 bridgehead atoms. The number of rotatable bonds is 5. The highest BCUT2D eigenvalue weighted by Gasteiger charge is 2.15. The van der Waals surface area contributed by atoms with Gasteiger partial charge < -0.3 is 15.8 Å². The first-order chi connectivity index (χ1) is 9.56. The van der Waals surface area contributed by atoms with E-state index in [4.69, 9.17) is 10.9 Å². The first kappa shape index (κ1) is 13.8. The summed E-state index contributed by atoms with van der Waals surface area (Å²) in [6.45, 7) is 5.07. The third kappa shape index (κ3) is 2.56. The van der Waals surface area contributed by atoms with Crippen LogP contribution in [-0.4, -0.2) is 43.7 Å². The zero-order valence-electron chi connectivity index (χ0n) is 11.3. The molecule has 0 aliphatic carbocycles. The zero-order valence-corrected chi connectivity index (χ0v) is 11.3. The molecule has 1 atom stereocenters. The Morgan fingerprint density at radius 1 is 1.70 bits per heavy atom. The highest BCUT2D eigenvalue weighted by Crippen LogP contribution is 2.13. The predicted octanol–water partition coefficient (Wildman–Crippen LogP) is -0.374. The number of aromatic amines is 1. The molecule has 0 aliphatic heterocycles. The van der Waals surface area contributed by atoms with Crippen molar-refractivity contribution >= 4 is 17.3 Å². The van der Waals surface area contributed by atoms with Crippen LogP contribution in [0.15, 0.2) is 22.3 Å². The highest BCUT2D eigenvalue weighted by molar-refractivity contribution is 5.82. The molecule has 2 aromatic rings. The largest absolute Gasteiger partial charge is 0.409 e. The molecule has 0 aromatic carbocycles. The number of nitrogens with two attached hydrogens (primary N) is 1. The van der Waals surface area contributed by atoms with Crippen molar-refractivity contribution in [2.75, 3.05) is 18.0 Å². The fourth-order valence-corrected chi connectivity index (χ4v) is 1.88.